The molecule has 84 valence electrons. The van der Waals surface area contributed by atoms with E-state index >= 15 is 0 Å². The minimum Gasteiger partial charge on any atom is -0.359 e. The maximum absolute atomic E-state index is 4.36. The van der Waals surface area contributed by atoms with Gasteiger partial charge in [0.25, 0.3) is 0 Å². The number of aryl methyl sites for hydroxylation is 1. The number of fused-ring (bicyclic) bond motifs is 1. The molecule has 0 radical (unpaired) electrons. The predicted octanol–water partition coefficient (Wildman–Crippen LogP) is 1.21. The van der Waals surface area contributed by atoms with Gasteiger partial charge in [-0.2, -0.15) is 5.10 Å². The standard InChI is InChI=1S/C11H15N5/c1-15(6-8-3-4-8)10-9-5-14-16(2)11(9)13-7-12-10/h5,7-8H,3-4,6H2,1-2H3. The summed E-state index contributed by atoms with van der Waals surface area (Å²) >= 11 is 0. The normalized spacial score (nSPS) is 15.6. The zero-order chi connectivity index (χ0) is 11.1. The number of hydrogen-bond acceptors (Lipinski definition) is 4. The molecule has 5 heteroatoms. The number of aromatic nitrogens is 4. The van der Waals surface area contributed by atoms with Crippen molar-refractivity contribution in [3.05, 3.63) is 12.5 Å². The molecule has 5 nitrogen and oxygen atoms in total. The Morgan fingerprint density at radius 2 is 2.25 bits per heavy atom. The Morgan fingerprint density at radius 1 is 1.44 bits per heavy atom. The molecule has 0 atom stereocenters. The second-order valence-electron chi connectivity index (χ2n) is 4.53. The van der Waals surface area contributed by atoms with Crippen LogP contribution in [0.2, 0.25) is 0 Å². The van der Waals surface area contributed by atoms with Crippen molar-refractivity contribution >= 4 is 16.9 Å². The fraction of sp³-hybridized carbons (Fsp3) is 0.545. The van der Waals surface area contributed by atoms with Gasteiger partial charge < -0.3 is 4.90 Å². The van der Waals surface area contributed by atoms with Crippen molar-refractivity contribution in [2.24, 2.45) is 13.0 Å². The van der Waals surface area contributed by atoms with Crippen molar-refractivity contribution < 1.29 is 0 Å². The summed E-state index contributed by atoms with van der Waals surface area (Å²) in [7, 11) is 3.99. The third kappa shape index (κ3) is 1.52. The average molecular weight is 217 g/mol. The highest BCUT2D eigenvalue weighted by Crippen LogP contribution is 2.31. The van der Waals surface area contributed by atoms with Gasteiger partial charge >= 0.3 is 0 Å². The van der Waals surface area contributed by atoms with E-state index in [1.807, 2.05) is 13.2 Å². The lowest BCUT2D eigenvalue weighted by Gasteiger charge is -2.17. The van der Waals surface area contributed by atoms with Crippen molar-refractivity contribution in [3.8, 4) is 0 Å². The highest BCUT2D eigenvalue weighted by atomic mass is 15.3. The van der Waals surface area contributed by atoms with E-state index in [4.69, 9.17) is 0 Å². The van der Waals surface area contributed by atoms with Gasteiger partial charge in [-0.3, -0.25) is 4.68 Å². The monoisotopic (exact) mass is 217 g/mol. The highest BCUT2D eigenvalue weighted by molar-refractivity contribution is 5.86. The maximum atomic E-state index is 4.36. The molecule has 2 aromatic heterocycles. The van der Waals surface area contributed by atoms with Gasteiger partial charge in [-0.15, -0.1) is 0 Å². The van der Waals surface area contributed by atoms with Gasteiger partial charge in [-0.05, 0) is 18.8 Å². The largest absolute Gasteiger partial charge is 0.359 e. The molecule has 0 aromatic carbocycles. The summed E-state index contributed by atoms with van der Waals surface area (Å²) < 4.78 is 1.78. The zero-order valence-electron chi connectivity index (χ0n) is 9.59. The topological polar surface area (TPSA) is 46.8 Å². The molecule has 0 aliphatic heterocycles. The molecule has 0 bridgehead atoms. The smallest absolute Gasteiger partial charge is 0.163 e. The van der Waals surface area contributed by atoms with E-state index in [2.05, 4.69) is 27.0 Å². The fourth-order valence-corrected chi connectivity index (χ4v) is 2.03. The van der Waals surface area contributed by atoms with E-state index in [9.17, 15) is 0 Å². The van der Waals surface area contributed by atoms with Crippen molar-refractivity contribution in [2.75, 3.05) is 18.5 Å². The van der Waals surface area contributed by atoms with Crippen LogP contribution in [-0.2, 0) is 7.05 Å². The molecule has 1 aliphatic carbocycles. The Bertz CT molecular complexity index is 514. The number of hydrogen-bond donors (Lipinski definition) is 0. The first kappa shape index (κ1) is 9.57. The van der Waals surface area contributed by atoms with Crippen LogP contribution >= 0.6 is 0 Å². The van der Waals surface area contributed by atoms with Crippen LogP contribution in [-0.4, -0.2) is 33.3 Å². The van der Waals surface area contributed by atoms with Crippen LogP contribution in [0.4, 0.5) is 5.82 Å². The molecule has 2 heterocycles. The molecular weight excluding hydrogens is 202 g/mol. The van der Waals surface area contributed by atoms with Gasteiger partial charge in [-0.1, -0.05) is 0 Å². The summed E-state index contributed by atoms with van der Waals surface area (Å²) in [5, 5.41) is 5.26. The second-order valence-corrected chi connectivity index (χ2v) is 4.53. The molecular formula is C11H15N5. The van der Waals surface area contributed by atoms with Gasteiger partial charge in [0.1, 0.15) is 12.1 Å². The fourth-order valence-electron chi connectivity index (χ4n) is 2.03. The van der Waals surface area contributed by atoms with E-state index in [1.165, 1.54) is 12.8 Å². The zero-order valence-corrected chi connectivity index (χ0v) is 9.59. The van der Waals surface area contributed by atoms with Crippen LogP contribution in [0.25, 0.3) is 11.0 Å². The van der Waals surface area contributed by atoms with Crippen LogP contribution in [0.5, 0.6) is 0 Å². The first-order valence-corrected chi connectivity index (χ1v) is 5.59. The van der Waals surface area contributed by atoms with Crippen molar-refractivity contribution in [2.45, 2.75) is 12.8 Å². The Balaban J connectivity index is 2.01. The molecule has 0 spiro atoms. The Kier molecular flexibility index (Phi) is 2.05. The van der Waals surface area contributed by atoms with Gasteiger partial charge in [-0.25, -0.2) is 9.97 Å². The summed E-state index contributed by atoms with van der Waals surface area (Å²) in [6, 6.07) is 0. The lowest BCUT2D eigenvalue weighted by Crippen LogP contribution is -2.21. The van der Waals surface area contributed by atoms with Crippen LogP contribution < -0.4 is 4.90 Å². The highest BCUT2D eigenvalue weighted by Gasteiger charge is 2.24. The van der Waals surface area contributed by atoms with E-state index in [0.29, 0.717) is 0 Å². The molecule has 16 heavy (non-hydrogen) atoms. The average Bonchev–Trinajstić information content (AvgIpc) is 3.02. The Morgan fingerprint density at radius 3 is 3.00 bits per heavy atom. The van der Waals surface area contributed by atoms with Crippen LogP contribution in [0, 0.1) is 5.92 Å². The van der Waals surface area contributed by atoms with E-state index in [1.54, 1.807) is 11.0 Å². The van der Waals surface area contributed by atoms with Crippen molar-refractivity contribution in [3.63, 3.8) is 0 Å². The Hall–Kier alpha value is -1.65. The van der Waals surface area contributed by atoms with E-state index in [-0.39, 0.29) is 0 Å². The molecule has 1 saturated carbocycles. The summed E-state index contributed by atoms with van der Waals surface area (Å²) in [6.45, 7) is 1.08. The van der Waals surface area contributed by atoms with Crippen LogP contribution in [0.3, 0.4) is 0 Å². The van der Waals surface area contributed by atoms with Gasteiger partial charge in [0, 0.05) is 20.6 Å². The number of nitrogens with zero attached hydrogens (tertiary/aromatic N) is 5. The van der Waals surface area contributed by atoms with Crippen molar-refractivity contribution in [1.29, 1.82) is 0 Å². The molecule has 0 N–H and O–H groups in total. The summed E-state index contributed by atoms with van der Waals surface area (Å²) in [5.74, 6) is 1.84. The Labute approximate surface area is 94.1 Å². The molecule has 1 aliphatic rings. The summed E-state index contributed by atoms with van der Waals surface area (Å²) in [4.78, 5) is 10.8. The van der Waals surface area contributed by atoms with Gasteiger partial charge in [0.05, 0.1) is 11.6 Å². The maximum Gasteiger partial charge on any atom is 0.163 e. The minimum atomic E-state index is 0.853. The molecule has 1 fully saturated rings. The SMILES string of the molecule is CN(CC1CC1)c1ncnc2c1cnn2C. The lowest BCUT2D eigenvalue weighted by molar-refractivity contribution is 0.775. The summed E-state index contributed by atoms with van der Waals surface area (Å²) in [5.41, 5.74) is 0.896. The minimum absolute atomic E-state index is 0.853. The van der Waals surface area contributed by atoms with E-state index in [0.717, 1.165) is 29.3 Å². The second kappa shape index (κ2) is 3.43. The molecule has 3 rings (SSSR count). The molecule has 0 amide bonds. The predicted molar refractivity (Wildman–Crippen MR) is 62.3 cm³/mol. The lowest BCUT2D eigenvalue weighted by atomic mass is 10.3. The third-order valence-corrected chi connectivity index (χ3v) is 3.10. The first-order valence-electron chi connectivity index (χ1n) is 5.59. The van der Waals surface area contributed by atoms with Gasteiger partial charge in [0.2, 0.25) is 0 Å². The molecule has 2 aromatic rings. The summed E-state index contributed by atoms with van der Waals surface area (Å²) in [6.07, 6.45) is 6.16. The first-order chi connectivity index (χ1) is 7.75. The van der Waals surface area contributed by atoms with E-state index < -0.39 is 0 Å². The number of rotatable bonds is 3. The third-order valence-electron chi connectivity index (χ3n) is 3.10. The molecule has 0 saturated heterocycles. The van der Waals surface area contributed by atoms with Gasteiger partial charge in [0.15, 0.2) is 5.65 Å². The van der Waals surface area contributed by atoms with Crippen molar-refractivity contribution in [1.82, 2.24) is 19.7 Å². The quantitative estimate of drug-likeness (QED) is 0.775. The van der Waals surface area contributed by atoms with Crippen LogP contribution in [0.15, 0.2) is 12.5 Å². The number of anilines is 1. The molecule has 0 unspecified atom stereocenters. The van der Waals surface area contributed by atoms with Crippen LogP contribution in [0.1, 0.15) is 12.8 Å².